The molecule has 0 fully saturated rings. The summed E-state index contributed by atoms with van der Waals surface area (Å²) in [6.07, 6.45) is 1.55. The van der Waals surface area contributed by atoms with Crippen LogP contribution in [0.1, 0.15) is 12.5 Å². The topological polar surface area (TPSA) is 145 Å². The number of rotatable bonds is 13. The Bertz CT molecular complexity index is 1390. The van der Waals surface area contributed by atoms with Crippen molar-refractivity contribution in [2.45, 2.75) is 13.8 Å². The van der Waals surface area contributed by atoms with E-state index in [9.17, 15) is 4.79 Å². The van der Waals surface area contributed by atoms with Crippen molar-refractivity contribution in [3.8, 4) is 11.5 Å². The van der Waals surface area contributed by atoms with Crippen molar-refractivity contribution in [3.63, 3.8) is 0 Å². The molecule has 2 aromatic carbocycles. The first-order valence-corrected chi connectivity index (χ1v) is 12.0. The molecular formula is C26H31N7O5. The van der Waals surface area contributed by atoms with E-state index in [1.54, 1.807) is 32.7 Å². The van der Waals surface area contributed by atoms with Crippen LogP contribution in [0.3, 0.4) is 0 Å². The number of anilines is 5. The Labute approximate surface area is 220 Å². The molecule has 1 amide bonds. The highest BCUT2D eigenvalue weighted by Gasteiger charge is 2.14. The zero-order chi connectivity index (χ0) is 26.9. The van der Waals surface area contributed by atoms with Gasteiger partial charge in [-0.2, -0.15) is 9.97 Å². The number of carbonyl (C=O) groups excluding carboxylic acids is 1. The number of nitrogens with zero attached hydrogens (tertiary/aromatic N) is 3. The lowest BCUT2D eigenvalue weighted by atomic mass is 10.2. The molecule has 0 unspecified atom stereocenters. The maximum atomic E-state index is 11.7. The molecule has 4 N–H and O–H groups in total. The van der Waals surface area contributed by atoms with E-state index in [1.807, 2.05) is 31.2 Å². The van der Waals surface area contributed by atoms with Crippen LogP contribution < -0.4 is 25.4 Å². The van der Waals surface area contributed by atoms with Crippen LogP contribution in [0.4, 0.5) is 28.8 Å². The number of aryl methyl sites for hydroxylation is 1. The number of methoxy groups -OCH3 is 2. The Morgan fingerprint density at radius 2 is 1.79 bits per heavy atom. The number of aromatic amines is 1. The van der Waals surface area contributed by atoms with Gasteiger partial charge in [0, 0.05) is 25.8 Å². The Kier molecular flexibility index (Phi) is 8.90. The van der Waals surface area contributed by atoms with Gasteiger partial charge >= 0.3 is 0 Å². The quantitative estimate of drug-likeness (QED) is 0.189. The molecule has 4 aromatic rings. The highest BCUT2D eigenvalue weighted by Crippen LogP contribution is 2.33. The van der Waals surface area contributed by atoms with E-state index in [0.29, 0.717) is 77.9 Å². The third kappa shape index (κ3) is 6.87. The lowest BCUT2D eigenvalue weighted by Gasteiger charge is -2.15. The molecule has 0 aliphatic heterocycles. The summed E-state index contributed by atoms with van der Waals surface area (Å²) in [6, 6.07) is 11.1. The molecule has 12 nitrogen and oxygen atoms in total. The van der Waals surface area contributed by atoms with E-state index in [-0.39, 0.29) is 5.91 Å². The van der Waals surface area contributed by atoms with Crippen molar-refractivity contribution in [1.82, 2.24) is 19.9 Å². The molecule has 0 aliphatic carbocycles. The molecule has 0 radical (unpaired) electrons. The molecule has 0 saturated heterocycles. The SMILES string of the molecule is COCCOCCOc1ccc(Nc2nc(Nc3ccc(C)cc3NC(C)=O)c3[nH]cnc3n2)cc1OC. The second kappa shape index (κ2) is 12.7. The predicted octanol–water partition coefficient (Wildman–Crippen LogP) is 4.16. The third-order valence-electron chi connectivity index (χ3n) is 5.36. The fourth-order valence-corrected chi connectivity index (χ4v) is 3.62. The fourth-order valence-electron chi connectivity index (χ4n) is 3.62. The third-order valence-corrected chi connectivity index (χ3v) is 5.36. The number of benzene rings is 2. The summed E-state index contributed by atoms with van der Waals surface area (Å²) in [5.74, 6) is 1.78. The first kappa shape index (κ1) is 26.6. The standard InChI is InChI=1S/C26H31N7O5/c1-16-5-7-19(20(13-16)29-17(2)34)31-25-23-24(28-15-27-23)32-26(33-25)30-18-6-8-21(22(14-18)36-4)38-12-11-37-10-9-35-3/h5-8,13-15H,9-12H2,1-4H3,(H,29,34)(H3,27,28,30,31,32,33). The largest absolute Gasteiger partial charge is 0.493 e. The minimum atomic E-state index is -0.171. The van der Waals surface area contributed by atoms with Crippen LogP contribution in [0, 0.1) is 6.92 Å². The summed E-state index contributed by atoms with van der Waals surface area (Å²) >= 11 is 0. The molecule has 38 heavy (non-hydrogen) atoms. The average molecular weight is 522 g/mol. The molecule has 0 bridgehead atoms. The number of amides is 1. The molecule has 0 atom stereocenters. The minimum absolute atomic E-state index is 0.171. The van der Waals surface area contributed by atoms with E-state index in [0.717, 1.165) is 5.56 Å². The fraction of sp³-hybridized carbons (Fsp3) is 0.308. The van der Waals surface area contributed by atoms with Crippen molar-refractivity contribution >= 4 is 45.9 Å². The van der Waals surface area contributed by atoms with Crippen molar-refractivity contribution in [2.75, 3.05) is 56.6 Å². The zero-order valence-electron chi connectivity index (χ0n) is 21.8. The van der Waals surface area contributed by atoms with Gasteiger partial charge in [0.25, 0.3) is 0 Å². The number of H-pyrrole nitrogens is 1. The Morgan fingerprint density at radius 1 is 0.947 bits per heavy atom. The molecule has 0 spiro atoms. The summed E-state index contributed by atoms with van der Waals surface area (Å²) in [6.45, 7) is 5.28. The van der Waals surface area contributed by atoms with Crippen LogP contribution in [-0.2, 0) is 14.3 Å². The van der Waals surface area contributed by atoms with Gasteiger partial charge in [0.1, 0.15) is 12.1 Å². The number of hydrogen-bond donors (Lipinski definition) is 4. The number of ether oxygens (including phenoxy) is 4. The molecule has 200 valence electrons. The Morgan fingerprint density at radius 3 is 2.58 bits per heavy atom. The highest BCUT2D eigenvalue weighted by atomic mass is 16.5. The zero-order valence-corrected chi connectivity index (χ0v) is 21.8. The minimum Gasteiger partial charge on any atom is -0.493 e. The van der Waals surface area contributed by atoms with Crippen LogP contribution in [0.25, 0.3) is 11.2 Å². The van der Waals surface area contributed by atoms with E-state index in [4.69, 9.17) is 18.9 Å². The molecule has 4 rings (SSSR count). The van der Waals surface area contributed by atoms with Crippen LogP contribution in [0.5, 0.6) is 11.5 Å². The number of carbonyl (C=O) groups is 1. The van der Waals surface area contributed by atoms with Gasteiger partial charge in [-0.3, -0.25) is 4.79 Å². The lowest BCUT2D eigenvalue weighted by molar-refractivity contribution is -0.114. The molecule has 2 heterocycles. The average Bonchev–Trinajstić information content (AvgIpc) is 3.37. The summed E-state index contributed by atoms with van der Waals surface area (Å²) in [5, 5.41) is 9.34. The second-order valence-corrected chi connectivity index (χ2v) is 8.30. The van der Waals surface area contributed by atoms with Gasteiger partial charge in [0.05, 0.1) is 44.6 Å². The van der Waals surface area contributed by atoms with Crippen molar-refractivity contribution < 1.29 is 23.7 Å². The van der Waals surface area contributed by atoms with Gasteiger partial charge in [-0.25, -0.2) is 4.98 Å². The van der Waals surface area contributed by atoms with Gasteiger partial charge in [0.15, 0.2) is 23.0 Å². The summed E-state index contributed by atoms with van der Waals surface area (Å²) in [4.78, 5) is 28.2. The number of imidazole rings is 1. The summed E-state index contributed by atoms with van der Waals surface area (Å²) < 4.78 is 21.7. The van der Waals surface area contributed by atoms with Gasteiger partial charge in [0.2, 0.25) is 11.9 Å². The van der Waals surface area contributed by atoms with Crippen molar-refractivity contribution in [1.29, 1.82) is 0 Å². The Hall–Kier alpha value is -4.42. The van der Waals surface area contributed by atoms with Crippen LogP contribution in [-0.4, -0.2) is 66.5 Å². The van der Waals surface area contributed by atoms with Crippen LogP contribution in [0.15, 0.2) is 42.7 Å². The smallest absolute Gasteiger partial charge is 0.231 e. The molecular weight excluding hydrogens is 490 g/mol. The van der Waals surface area contributed by atoms with Crippen LogP contribution in [0.2, 0.25) is 0 Å². The second-order valence-electron chi connectivity index (χ2n) is 8.30. The normalized spacial score (nSPS) is 10.8. The Balaban J connectivity index is 1.53. The highest BCUT2D eigenvalue weighted by molar-refractivity contribution is 5.95. The molecule has 0 aliphatic rings. The van der Waals surface area contributed by atoms with Crippen LogP contribution >= 0.6 is 0 Å². The van der Waals surface area contributed by atoms with Crippen molar-refractivity contribution in [2.24, 2.45) is 0 Å². The molecule has 12 heteroatoms. The predicted molar refractivity (Wildman–Crippen MR) is 145 cm³/mol. The van der Waals surface area contributed by atoms with Crippen molar-refractivity contribution in [3.05, 3.63) is 48.3 Å². The van der Waals surface area contributed by atoms with E-state index >= 15 is 0 Å². The van der Waals surface area contributed by atoms with Gasteiger partial charge in [-0.05, 0) is 36.8 Å². The van der Waals surface area contributed by atoms with Gasteiger partial charge in [-0.15, -0.1) is 0 Å². The van der Waals surface area contributed by atoms with E-state index < -0.39 is 0 Å². The maximum absolute atomic E-state index is 11.7. The monoisotopic (exact) mass is 521 g/mol. The lowest BCUT2D eigenvalue weighted by Crippen LogP contribution is -2.10. The van der Waals surface area contributed by atoms with Gasteiger partial charge in [-0.1, -0.05) is 6.07 Å². The maximum Gasteiger partial charge on any atom is 0.231 e. The first-order valence-electron chi connectivity index (χ1n) is 12.0. The van der Waals surface area contributed by atoms with Gasteiger partial charge < -0.3 is 39.9 Å². The number of fused-ring (bicyclic) bond motifs is 1. The number of nitrogens with one attached hydrogen (secondary N) is 4. The molecule has 2 aromatic heterocycles. The van der Waals surface area contributed by atoms with E-state index in [2.05, 4.69) is 35.9 Å². The van der Waals surface area contributed by atoms with E-state index in [1.165, 1.54) is 6.92 Å². The number of hydrogen-bond acceptors (Lipinski definition) is 10. The molecule has 0 saturated carbocycles. The summed E-state index contributed by atoms with van der Waals surface area (Å²) in [7, 11) is 3.20. The first-order chi connectivity index (χ1) is 18.5. The number of aromatic nitrogens is 4. The summed E-state index contributed by atoms with van der Waals surface area (Å²) in [5.41, 5.74) is 4.12.